The summed E-state index contributed by atoms with van der Waals surface area (Å²) >= 11 is 8.19. The summed E-state index contributed by atoms with van der Waals surface area (Å²) in [6.45, 7) is 1.88. The highest BCUT2D eigenvalue weighted by molar-refractivity contribution is 14.1. The van der Waals surface area contributed by atoms with Gasteiger partial charge in [-0.2, -0.15) is 5.10 Å². The van der Waals surface area contributed by atoms with Gasteiger partial charge in [0.25, 0.3) is 0 Å². The highest BCUT2D eigenvalue weighted by Gasteiger charge is 2.08. The predicted octanol–water partition coefficient (Wildman–Crippen LogP) is 2.52. The number of fused-ring (bicyclic) bond motifs is 1. The van der Waals surface area contributed by atoms with Crippen molar-refractivity contribution in [1.82, 2.24) is 15.2 Å². The Hall–Kier alpha value is -0.360. The van der Waals surface area contributed by atoms with Gasteiger partial charge in [0, 0.05) is 3.57 Å². The predicted molar refractivity (Wildman–Crippen MR) is 56.4 cm³/mol. The lowest BCUT2D eigenvalue weighted by Crippen LogP contribution is -1.87. The third-order valence-electron chi connectivity index (χ3n) is 1.65. The minimum atomic E-state index is 0.713. The van der Waals surface area contributed by atoms with Crippen LogP contribution < -0.4 is 0 Å². The maximum Gasteiger partial charge on any atom is 0.156 e. The molecule has 0 spiro atoms. The van der Waals surface area contributed by atoms with E-state index in [-0.39, 0.29) is 0 Å². The van der Waals surface area contributed by atoms with Gasteiger partial charge in [0.15, 0.2) is 5.65 Å². The molecule has 0 aromatic carbocycles. The van der Waals surface area contributed by atoms with E-state index in [1.54, 1.807) is 6.20 Å². The zero-order valence-electron chi connectivity index (χ0n) is 6.23. The molecule has 3 nitrogen and oxygen atoms in total. The lowest BCUT2D eigenvalue weighted by molar-refractivity contribution is 1.09. The van der Waals surface area contributed by atoms with E-state index < -0.39 is 0 Å². The quantitative estimate of drug-likeness (QED) is 0.758. The molecule has 0 radical (unpaired) electrons. The average Bonchev–Trinajstić information content (AvgIpc) is 2.48. The summed E-state index contributed by atoms with van der Waals surface area (Å²) < 4.78 is 1.01. The summed E-state index contributed by atoms with van der Waals surface area (Å²) in [6, 6.07) is 0. The Labute approximate surface area is 87.7 Å². The number of hydrogen-bond donors (Lipinski definition) is 1. The lowest BCUT2D eigenvalue weighted by atomic mass is 10.3. The van der Waals surface area contributed by atoms with Gasteiger partial charge in [-0.1, -0.05) is 11.6 Å². The minimum absolute atomic E-state index is 0.713. The molecular formula is C7H5ClIN3. The Morgan fingerprint density at radius 1 is 1.58 bits per heavy atom. The number of halogens is 2. The largest absolute Gasteiger partial charge is 0.261 e. The van der Waals surface area contributed by atoms with Crippen molar-refractivity contribution in [2.75, 3.05) is 0 Å². The first-order chi connectivity index (χ1) is 5.70. The monoisotopic (exact) mass is 293 g/mol. The Kier molecular flexibility index (Phi) is 1.96. The van der Waals surface area contributed by atoms with Crippen molar-refractivity contribution in [3.63, 3.8) is 0 Å². The second-order valence-electron chi connectivity index (χ2n) is 2.46. The number of nitrogens with zero attached hydrogens (tertiary/aromatic N) is 2. The fourth-order valence-corrected chi connectivity index (χ4v) is 1.95. The van der Waals surface area contributed by atoms with Crippen LogP contribution >= 0.6 is 34.2 Å². The standard InChI is InChI=1S/C7H5ClIN3/c1-3-5(8)6(9)4-2-10-12-7(4)11-3/h2H,1H3,(H,10,11,12). The SMILES string of the molecule is Cc1nc2[nH]ncc2c(I)c1Cl. The van der Waals surface area contributed by atoms with E-state index >= 15 is 0 Å². The van der Waals surface area contributed by atoms with Crippen LogP contribution in [-0.4, -0.2) is 15.2 Å². The second kappa shape index (κ2) is 2.85. The zero-order valence-corrected chi connectivity index (χ0v) is 9.14. The second-order valence-corrected chi connectivity index (χ2v) is 3.91. The number of rotatable bonds is 0. The molecule has 62 valence electrons. The van der Waals surface area contributed by atoms with Crippen LogP contribution in [-0.2, 0) is 0 Å². The van der Waals surface area contributed by atoms with Gasteiger partial charge in [-0.05, 0) is 29.5 Å². The van der Waals surface area contributed by atoms with Gasteiger partial charge >= 0.3 is 0 Å². The summed E-state index contributed by atoms with van der Waals surface area (Å²) in [5, 5.41) is 8.39. The topological polar surface area (TPSA) is 41.6 Å². The number of H-pyrrole nitrogens is 1. The van der Waals surface area contributed by atoms with Gasteiger partial charge in [-0.3, -0.25) is 5.10 Å². The fourth-order valence-electron chi connectivity index (χ4n) is 1.02. The molecule has 5 heteroatoms. The first-order valence-corrected chi connectivity index (χ1v) is 4.80. The number of aromatic amines is 1. The Balaban J connectivity index is 2.94. The summed E-state index contributed by atoms with van der Waals surface area (Å²) in [5.41, 5.74) is 1.62. The number of pyridine rings is 1. The normalized spacial score (nSPS) is 10.9. The number of hydrogen-bond acceptors (Lipinski definition) is 2. The summed E-state index contributed by atoms with van der Waals surface area (Å²) in [5.74, 6) is 0. The highest BCUT2D eigenvalue weighted by atomic mass is 127. The van der Waals surface area contributed by atoms with Crippen molar-refractivity contribution in [2.45, 2.75) is 6.92 Å². The maximum atomic E-state index is 6.00. The van der Waals surface area contributed by atoms with Crippen LogP contribution in [0.25, 0.3) is 11.0 Å². The lowest BCUT2D eigenvalue weighted by Gasteiger charge is -1.99. The van der Waals surface area contributed by atoms with E-state index in [9.17, 15) is 0 Å². The Morgan fingerprint density at radius 3 is 3.08 bits per heavy atom. The van der Waals surface area contributed by atoms with E-state index in [0.717, 1.165) is 20.3 Å². The van der Waals surface area contributed by atoms with E-state index in [1.165, 1.54) is 0 Å². The number of aromatic nitrogens is 3. The van der Waals surface area contributed by atoms with E-state index in [4.69, 9.17) is 11.6 Å². The molecular weight excluding hydrogens is 288 g/mol. The number of aryl methyl sites for hydroxylation is 1. The molecule has 1 N–H and O–H groups in total. The van der Waals surface area contributed by atoms with Crippen molar-refractivity contribution in [1.29, 1.82) is 0 Å². The summed E-state index contributed by atoms with van der Waals surface area (Å²) in [7, 11) is 0. The number of nitrogens with one attached hydrogen (secondary N) is 1. The molecule has 0 saturated heterocycles. The summed E-state index contributed by atoms with van der Waals surface area (Å²) in [4.78, 5) is 4.24. The molecule has 0 aliphatic carbocycles. The van der Waals surface area contributed by atoms with Crippen LogP contribution in [0.1, 0.15) is 5.69 Å². The fraction of sp³-hybridized carbons (Fsp3) is 0.143. The van der Waals surface area contributed by atoms with Crippen molar-refractivity contribution in [2.24, 2.45) is 0 Å². The van der Waals surface area contributed by atoms with Crippen molar-refractivity contribution in [3.05, 3.63) is 20.5 Å². The third kappa shape index (κ3) is 1.09. The van der Waals surface area contributed by atoms with Gasteiger partial charge in [0.2, 0.25) is 0 Å². The van der Waals surface area contributed by atoms with Crippen LogP contribution in [0.4, 0.5) is 0 Å². The molecule has 2 heterocycles. The Morgan fingerprint density at radius 2 is 2.33 bits per heavy atom. The van der Waals surface area contributed by atoms with Crippen LogP contribution in [0.2, 0.25) is 5.02 Å². The van der Waals surface area contributed by atoms with Crippen molar-refractivity contribution < 1.29 is 0 Å². The minimum Gasteiger partial charge on any atom is -0.261 e. The molecule has 2 rings (SSSR count). The maximum absolute atomic E-state index is 6.00. The molecule has 0 fully saturated rings. The first kappa shape index (κ1) is 8.25. The van der Waals surface area contributed by atoms with Crippen LogP contribution in [0.3, 0.4) is 0 Å². The van der Waals surface area contributed by atoms with Gasteiger partial charge < -0.3 is 0 Å². The van der Waals surface area contributed by atoms with Gasteiger partial charge in [0.1, 0.15) is 0 Å². The van der Waals surface area contributed by atoms with Crippen molar-refractivity contribution >= 4 is 45.2 Å². The van der Waals surface area contributed by atoms with Gasteiger partial charge in [0.05, 0.1) is 22.3 Å². The molecule has 0 atom stereocenters. The first-order valence-electron chi connectivity index (χ1n) is 3.35. The van der Waals surface area contributed by atoms with E-state index in [0.29, 0.717) is 5.02 Å². The molecule has 0 saturated carbocycles. The molecule has 0 unspecified atom stereocenters. The summed E-state index contributed by atoms with van der Waals surface area (Å²) in [6.07, 6.45) is 1.73. The van der Waals surface area contributed by atoms with Crippen LogP contribution in [0.5, 0.6) is 0 Å². The highest BCUT2D eigenvalue weighted by Crippen LogP contribution is 2.27. The smallest absolute Gasteiger partial charge is 0.156 e. The molecule has 2 aromatic heterocycles. The van der Waals surface area contributed by atoms with Crippen LogP contribution in [0, 0.1) is 10.5 Å². The molecule has 0 amide bonds. The molecule has 0 aliphatic heterocycles. The van der Waals surface area contributed by atoms with Gasteiger partial charge in [-0.15, -0.1) is 0 Å². The molecule has 2 aromatic rings. The Bertz CT molecular complexity index is 437. The molecule has 0 aliphatic rings. The third-order valence-corrected chi connectivity index (χ3v) is 3.55. The van der Waals surface area contributed by atoms with E-state index in [2.05, 4.69) is 37.8 Å². The van der Waals surface area contributed by atoms with Crippen molar-refractivity contribution in [3.8, 4) is 0 Å². The average molecular weight is 293 g/mol. The van der Waals surface area contributed by atoms with Crippen LogP contribution in [0.15, 0.2) is 6.20 Å². The molecule has 0 bridgehead atoms. The van der Waals surface area contributed by atoms with E-state index in [1.807, 2.05) is 6.92 Å². The molecule has 12 heavy (non-hydrogen) atoms. The zero-order chi connectivity index (χ0) is 8.72. The van der Waals surface area contributed by atoms with Gasteiger partial charge in [-0.25, -0.2) is 4.98 Å².